The van der Waals surface area contributed by atoms with Gasteiger partial charge in [-0.1, -0.05) is 33.8 Å². The topological polar surface area (TPSA) is 50.1 Å². The summed E-state index contributed by atoms with van der Waals surface area (Å²) in [5.74, 6) is 0.389. The first-order valence-electron chi connectivity index (χ1n) is 8.16. The molecule has 0 radical (unpaired) electrons. The molecule has 0 saturated heterocycles. The minimum Gasteiger partial charge on any atom is -0.459 e. The zero-order valence-electron chi connectivity index (χ0n) is 14.9. The number of carbonyl (C=O) groups is 1. The van der Waals surface area contributed by atoms with Gasteiger partial charge < -0.3 is 4.74 Å². The fourth-order valence-corrected chi connectivity index (χ4v) is 1.68. The van der Waals surface area contributed by atoms with Crippen LogP contribution in [0.3, 0.4) is 0 Å². The van der Waals surface area contributed by atoms with E-state index in [1.54, 1.807) is 0 Å². The van der Waals surface area contributed by atoms with Gasteiger partial charge in [0.1, 0.15) is 0 Å². The molecule has 0 saturated carbocycles. The Balaban J connectivity index is 0. The maximum Gasteiger partial charge on any atom is 0.333 e. The third kappa shape index (κ3) is 12.2. The van der Waals surface area contributed by atoms with Gasteiger partial charge in [0.2, 0.25) is 0 Å². The van der Waals surface area contributed by atoms with Crippen molar-refractivity contribution in [3.8, 4) is 6.07 Å². The Labute approximate surface area is 131 Å². The van der Waals surface area contributed by atoms with E-state index in [9.17, 15) is 4.79 Å². The first-order valence-corrected chi connectivity index (χ1v) is 8.16. The highest BCUT2D eigenvalue weighted by Crippen LogP contribution is 2.16. The van der Waals surface area contributed by atoms with E-state index in [4.69, 9.17) is 10.00 Å². The first kappa shape index (κ1) is 22.0. The van der Waals surface area contributed by atoms with E-state index < -0.39 is 0 Å². The van der Waals surface area contributed by atoms with Crippen molar-refractivity contribution in [2.45, 2.75) is 80.3 Å². The highest BCUT2D eigenvalue weighted by molar-refractivity contribution is 5.88. The summed E-state index contributed by atoms with van der Waals surface area (Å²) >= 11 is 0. The number of carbonyl (C=O) groups excluding carboxylic acids is 1. The molecule has 0 aliphatic heterocycles. The average Bonchev–Trinajstić information content (AvgIpc) is 2.47. The zero-order valence-corrected chi connectivity index (χ0v) is 14.9. The van der Waals surface area contributed by atoms with Crippen molar-refractivity contribution < 1.29 is 9.53 Å². The Morgan fingerprint density at radius 1 is 1.14 bits per heavy atom. The van der Waals surface area contributed by atoms with Gasteiger partial charge in [-0.2, -0.15) is 5.26 Å². The summed E-state index contributed by atoms with van der Waals surface area (Å²) < 4.78 is 5.41. The molecular formula is C18H33NO2. The maximum atomic E-state index is 12.0. The third-order valence-corrected chi connectivity index (χ3v) is 3.14. The van der Waals surface area contributed by atoms with Crippen molar-refractivity contribution in [2.75, 3.05) is 0 Å². The number of hydrogen-bond acceptors (Lipinski definition) is 3. The minimum absolute atomic E-state index is 0.0169. The van der Waals surface area contributed by atoms with E-state index in [0.29, 0.717) is 5.92 Å². The predicted octanol–water partition coefficient (Wildman–Crippen LogP) is 5.27. The molecule has 0 N–H and O–H groups in total. The van der Waals surface area contributed by atoms with Crippen molar-refractivity contribution >= 4 is 5.97 Å². The Bertz CT molecular complexity index is 340. The Hall–Kier alpha value is -1.30. The molecule has 0 rings (SSSR count). The van der Waals surface area contributed by atoms with Gasteiger partial charge in [-0.25, -0.2) is 4.79 Å². The van der Waals surface area contributed by atoms with Crippen LogP contribution in [0.25, 0.3) is 0 Å². The summed E-state index contributed by atoms with van der Waals surface area (Å²) in [6.07, 6.45) is 4.99. The van der Waals surface area contributed by atoms with Crippen LogP contribution in [0.2, 0.25) is 0 Å². The van der Waals surface area contributed by atoms with Crippen LogP contribution in [0.15, 0.2) is 11.6 Å². The second-order valence-electron chi connectivity index (χ2n) is 5.57. The normalized spacial score (nSPS) is 13.8. The van der Waals surface area contributed by atoms with Crippen molar-refractivity contribution in [1.82, 2.24) is 0 Å². The van der Waals surface area contributed by atoms with Crippen molar-refractivity contribution in [3.63, 3.8) is 0 Å². The van der Waals surface area contributed by atoms with Gasteiger partial charge in [0.25, 0.3) is 0 Å². The largest absolute Gasteiger partial charge is 0.459 e. The van der Waals surface area contributed by atoms with E-state index in [2.05, 4.69) is 19.9 Å². The van der Waals surface area contributed by atoms with Gasteiger partial charge in [-0.15, -0.1) is 0 Å². The van der Waals surface area contributed by atoms with Gasteiger partial charge in [0, 0.05) is 11.5 Å². The second-order valence-corrected chi connectivity index (χ2v) is 5.57. The molecule has 0 heterocycles. The molecule has 2 unspecified atom stereocenters. The van der Waals surface area contributed by atoms with Crippen LogP contribution in [-0.2, 0) is 9.53 Å². The summed E-state index contributed by atoms with van der Waals surface area (Å²) in [7, 11) is 0. The molecule has 0 amide bonds. The predicted molar refractivity (Wildman–Crippen MR) is 88.7 cm³/mol. The molecule has 3 nitrogen and oxygen atoms in total. The fourth-order valence-electron chi connectivity index (χ4n) is 1.68. The van der Waals surface area contributed by atoms with Crippen LogP contribution in [-0.4, -0.2) is 12.1 Å². The molecule has 0 aromatic heterocycles. The van der Waals surface area contributed by atoms with Crippen LogP contribution in [0.5, 0.6) is 0 Å². The van der Waals surface area contributed by atoms with Crippen LogP contribution in [0.1, 0.15) is 74.1 Å². The van der Waals surface area contributed by atoms with Gasteiger partial charge in [-0.05, 0) is 52.4 Å². The van der Waals surface area contributed by atoms with Crippen LogP contribution >= 0.6 is 0 Å². The number of nitrogens with zero attached hydrogens (tertiary/aromatic N) is 1. The molecule has 0 spiro atoms. The molecule has 21 heavy (non-hydrogen) atoms. The Kier molecular flexibility index (Phi) is 14.3. The lowest BCUT2D eigenvalue weighted by Crippen LogP contribution is -2.17. The maximum absolute atomic E-state index is 12.0. The van der Waals surface area contributed by atoms with Gasteiger partial charge in [0.05, 0.1) is 12.2 Å². The lowest BCUT2D eigenvalue weighted by atomic mass is 10.0. The van der Waals surface area contributed by atoms with Crippen LogP contribution < -0.4 is 0 Å². The van der Waals surface area contributed by atoms with Crippen molar-refractivity contribution in [3.05, 3.63) is 11.6 Å². The third-order valence-electron chi connectivity index (χ3n) is 3.14. The number of hydrogen-bond donors (Lipinski definition) is 0. The van der Waals surface area contributed by atoms with E-state index in [1.165, 1.54) is 0 Å². The fraction of sp³-hybridized carbons (Fsp3) is 0.778. The second kappa shape index (κ2) is 13.7. The smallest absolute Gasteiger partial charge is 0.333 e. The van der Waals surface area contributed by atoms with Crippen LogP contribution in [0.4, 0.5) is 0 Å². The van der Waals surface area contributed by atoms with E-state index >= 15 is 0 Å². The molecule has 3 heteroatoms. The molecule has 0 fully saturated rings. The van der Waals surface area contributed by atoms with Crippen molar-refractivity contribution in [1.29, 1.82) is 5.26 Å². The molecule has 122 valence electrons. The number of esters is 1. The zero-order chi connectivity index (χ0) is 16.8. The summed E-state index contributed by atoms with van der Waals surface area (Å²) in [6, 6.07) is 2.19. The molecule has 2 atom stereocenters. The highest BCUT2D eigenvalue weighted by atomic mass is 16.5. The lowest BCUT2D eigenvalue weighted by molar-refractivity contribution is -0.144. The number of allylic oxidation sites excluding steroid dienone is 1. The van der Waals surface area contributed by atoms with Gasteiger partial charge in [0.15, 0.2) is 0 Å². The molecular weight excluding hydrogens is 262 g/mol. The monoisotopic (exact) mass is 295 g/mol. The van der Waals surface area contributed by atoms with E-state index in [-0.39, 0.29) is 18.0 Å². The quantitative estimate of drug-likeness (QED) is 0.453. The lowest BCUT2D eigenvalue weighted by Gasteiger charge is -2.15. The summed E-state index contributed by atoms with van der Waals surface area (Å²) in [4.78, 5) is 12.0. The van der Waals surface area contributed by atoms with E-state index in [1.807, 2.05) is 40.7 Å². The molecule has 0 aromatic carbocycles. The number of nitriles is 1. The standard InChI is InChI=1S/C16H27NO2.C2H6/c1-6-15(10-7-12(2)3)16(18)19-14(5)9-8-13(4)11-17;1-2/h6,12-14H,7-10H2,1-5H3;1-2H3/b15-6+;. The molecule has 0 aliphatic carbocycles. The number of rotatable bonds is 8. The minimum atomic E-state index is -0.208. The van der Waals surface area contributed by atoms with Crippen LogP contribution in [0, 0.1) is 23.2 Å². The Morgan fingerprint density at radius 2 is 1.71 bits per heavy atom. The SMILES string of the molecule is C/C=C(\CCC(C)C)C(=O)OC(C)CCC(C)C#N.CC. The average molecular weight is 295 g/mol. The van der Waals surface area contributed by atoms with Gasteiger partial charge >= 0.3 is 5.97 Å². The summed E-state index contributed by atoms with van der Waals surface area (Å²) in [5, 5.41) is 8.71. The first-order chi connectivity index (χ1) is 9.90. The highest BCUT2D eigenvalue weighted by Gasteiger charge is 2.15. The molecule has 0 bridgehead atoms. The Morgan fingerprint density at radius 3 is 2.14 bits per heavy atom. The van der Waals surface area contributed by atoms with Gasteiger partial charge in [-0.3, -0.25) is 0 Å². The van der Waals surface area contributed by atoms with E-state index in [0.717, 1.165) is 31.3 Å². The summed E-state index contributed by atoms with van der Waals surface area (Å²) in [5.41, 5.74) is 0.758. The summed E-state index contributed by atoms with van der Waals surface area (Å²) in [6.45, 7) is 13.9. The molecule has 0 aliphatic rings. The van der Waals surface area contributed by atoms with Crippen molar-refractivity contribution in [2.24, 2.45) is 11.8 Å². The number of ether oxygens (including phenoxy) is 1. The molecule has 0 aromatic rings.